The quantitative estimate of drug-likeness (QED) is 0.815. The Hall–Kier alpha value is -1.89. The van der Waals surface area contributed by atoms with Crippen molar-refractivity contribution < 1.29 is 14.4 Å². The Morgan fingerprint density at radius 2 is 1.90 bits per heavy atom. The van der Waals surface area contributed by atoms with Crippen molar-refractivity contribution in [2.24, 2.45) is 0 Å². The maximum absolute atomic E-state index is 11.7. The van der Waals surface area contributed by atoms with E-state index >= 15 is 0 Å². The third-order valence-electron chi connectivity index (χ3n) is 3.05. The molecule has 0 bridgehead atoms. The molecule has 1 aromatic rings. The lowest BCUT2D eigenvalue weighted by Gasteiger charge is -2.15. The summed E-state index contributed by atoms with van der Waals surface area (Å²) in [5.74, 6) is -0.705. The molecule has 2 heterocycles. The number of carbonyl (C=O) groups excluding carboxylic acids is 3. The van der Waals surface area contributed by atoms with Gasteiger partial charge in [-0.25, -0.2) is 0 Å². The van der Waals surface area contributed by atoms with Crippen molar-refractivity contribution in [3.8, 4) is 0 Å². The number of rotatable bonds is 5. The third kappa shape index (κ3) is 4.06. The maximum atomic E-state index is 11.7. The zero-order chi connectivity index (χ0) is 14.4. The fraction of sp³-hybridized carbons (Fsp3) is 0.462. The van der Waals surface area contributed by atoms with Gasteiger partial charge in [-0.2, -0.15) is 0 Å². The zero-order valence-electron chi connectivity index (χ0n) is 11.1. The number of amides is 3. The molecular weight excluding hydrogens is 278 g/mol. The first-order valence-corrected chi connectivity index (χ1v) is 7.41. The Morgan fingerprint density at radius 3 is 2.55 bits per heavy atom. The average Bonchev–Trinajstić information content (AvgIpc) is 3.14. The predicted octanol–water partition coefficient (Wildman–Crippen LogP) is 0.216. The van der Waals surface area contributed by atoms with Gasteiger partial charge in [0.25, 0.3) is 5.91 Å². The normalized spacial score (nSPS) is 14.1. The summed E-state index contributed by atoms with van der Waals surface area (Å²) in [4.78, 5) is 37.1. The van der Waals surface area contributed by atoms with Crippen molar-refractivity contribution in [1.82, 2.24) is 15.5 Å². The van der Waals surface area contributed by atoms with Gasteiger partial charge in [0, 0.05) is 13.1 Å². The van der Waals surface area contributed by atoms with E-state index in [-0.39, 0.29) is 30.8 Å². The van der Waals surface area contributed by atoms with Crippen LogP contribution in [0.4, 0.5) is 0 Å². The first-order valence-electron chi connectivity index (χ1n) is 6.53. The van der Waals surface area contributed by atoms with Gasteiger partial charge >= 0.3 is 0 Å². The van der Waals surface area contributed by atoms with E-state index in [1.165, 1.54) is 11.3 Å². The summed E-state index contributed by atoms with van der Waals surface area (Å²) in [5.41, 5.74) is 0. The lowest BCUT2D eigenvalue weighted by molar-refractivity contribution is -0.131. The minimum atomic E-state index is -0.359. The summed E-state index contributed by atoms with van der Waals surface area (Å²) >= 11 is 1.31. The molecule has 0 atom stereocenters. The molecule has 2 N–H and O–H groups in total. The highest BCUT2D eigenvalue weighted by molar-refractivity contribution is 7.12. The van der Waals surface area contributed by atoms with Crippen molar-refractivity contribution in [2.45, 2.75) is 12.8 Å². The van der Waals surface area contributed by atoms with E-state index in [9.17, 15) is 14.4 Å². The minimum Gasteiger partial charge on any atom is -0.345 e. The number of nitrogens with zero attached hydrogens (tertiary/aromatic N) is 1. The SMILES string of the molecule is O=C(CNC(=O)c1cccs1)NCC(=O)N1CCCC1. The smallest absolute Gasteiger partial charge is 0.261 e. The van der Waals surface area contributed by atoms with E-state index in [1.54, 1.807) is 22.4 Å². The lowest BCUT2D eigenvalue weighted by Crippen LogP contribution is -2.42. The van der Waals surface area contributed by atoms with Crippen LogP contribution >= 0.6 is 11.3 Å². The zero-order valence-corrected chi connectivity index (χ0v) is 11.9. The molecule has 1 aliphatic heterocycles. The van der Waals surface area contributed by atoms with Crippen LogP contribution in [0.3, 0.4) is 0 Å². The van der Waals surface area contributed by atoms with E-state index in [1.807, 2.05) is 0 Å². The van der Waals surface area contributed by atoms with Crippen LogP contribution in [0.25, 0.3) is 0 Å². The Kier molecular flexibility index (Phi) is 5.11. The molecule has 2 rings (SSSR count). The van der Waals surface area contributed by atoms with Gasteiger partial charge in [-0.05, 0) is 24.3 Å². The molecule has 0 aromatic carbocycles. The molecule has 0 aliphatic carbocycles. The van der Waals surface area contributed by atoms with Crippen molar-refractivity contribution in [2.75, 3.05) is 26.2 Å². The fourth-order valence-corrected chi connectivity index (χ4v) is 2.61. The van der Waals surface area contributed by atoms with Crippen LogP contribution in [0.5, 0.6) is 0 Å². The molecule has 1 saturated heterocycles. The molecular formula is C13H17N3O3S. The highest BCUT2D eigenvalue weighted by Gasteiger charge is 2.18. The number of thiophene rings is 1. The molecule has 6 nitrogen and oxygen atoms in total. The number of hydrogen-bond donors (Lipinski definition) is 2. The molecule has 1 aliphatic rings. The number of carbonyl (C=O) groups is 3. The molecule has 3 amide bonds. The van der Waals surface area contributed by atoms with Crippen molar-refractivity contribution in [3.05, 3.63) is 22.4 Å². The molecule has 108 valence electrons. The van der Waals surface area contributed by atoms with Gasteiger partial charge in [-0.1, -0.05) is 6.07 Å². The Labute approximate surface area is 121 Å². The summed E-state index contributed by atoms with van der Waals surface area (Å²) in [6, 6.07) is 3.46. The molecule has 0 radical (unpaired) electrons. The topological polar surface area (TPSA) is 78.5 Å². The third-order valence-corrected chi connectivity index (χ3v) is 3.92. The Balaban J connectivity index is 1.65. The van der Waals surface area contributed by atoms with Crippen LogP contribution in [0.1, 0.15) is 22.5 Å². The summed E-state index contributed by atoms with van der Waals surface area (Å²) < 4.78 is 0. The standard InChI is InChI=1S/C13H17N3O3S/c17-11(8-15-13(19)10-4-3-7-20-10)14-9-12(18)16-5-1-2-6-16/h3-4,7H,1-2,5-6,8-9H2,(H,14,17)(H,15,19). The summed E-state index contributed by atoms with van der Waals surface area (Å²) in [7, 11) is 0. The Bertz CT molecular complexity index is 481. The number of nitrogens with one attached hydrogen (secondary N) is 2. The van der Waals surface area contributed by atoms with Crippen LogP contribution in [-0.2, 0) is 9.59 Å². The van der Waals surface area contributed by atoms with Crippen LogP contribution in [0.15, 0.2) is 17.5 Å². The van der Waals surface area contributed by atoms with Gasteiger partial charge < -0.3 is 15.5 Å². The second kappa shape index (κ2) is 7.04. The van der Waals surface area contributed by atoms with Crippen LogP contribution in [0.2, 0.25) is 0 Å². The second-order valence-corrected chi connectivity index (χ2v) is 5.47. The van der Waals surface area contributed by atoms with Crippen molar-refractivity contribution in [1.29, 1.82) is 0 Å². The largest absolute Gasteiger partial charge is 0.345 e. The van der Waals surface area contributed by atoms with Gasteiger partial charge in [0.1, 0.15) is 0 Å². The number of likely N-dealkylation sites (tertiary alicyclic amines) is 1. The highest BCUT2D eigenvalue weighted by Crippen LogP contribution is 2.07. The average molecular weight is 295 g/mol. The molecule has 1 aromatic heterocycles. The predicted molar refractivity (Wildman–Crippen MR) is 75.5 cm³/mol. The van der Waals surface area contributed by atoms with E-state index in [0.717, 1.165) is 25.9 Å². The molecule has 1 fully saturated rings. The van der Waals surface area contributed by atoms with Gasteiger partial charge in [0.05, 0.1) is 18.0 Å². The monoisotopic (exact) mass is 295 g/mol. The van der Waals surface area contributed by atoms with E-state index in [0.29, 0.717) is 4.88 Å². The van der Waals surface area contributed by atoms with Gasteiger partial charge in [-0.15, -0.1) is 11.3 Å². The van der Waals surface area contributed by atoms with Gasteiger partial charge in [-0.3, -0.25) is 14.4 Å². The molecule has 0 saturated carbocycles. The molecule has 20 heavy (non-hydrogen) atoms. The summed E-state index contributed by atoms with van der Waals surface area (Å²) in [6.45, 7) is 1.41. The fourth-order valence-electron chi connectivity index (χ4n) is 1.97. The van der Waals surface area contributed by atoms with Crippen LogP contribution in [-0.4, -0.2) is 48.8 Å². The van der Waals surface area contributed by atoms with Gasteiger partial charge in [0.15, 0.2) is 0 Å². The first kappa shape index (κ1) is 14.5. The maximum Gasteiger partial charge on any atom is 0.261 e. The van der Waals surface area contributed by atoms with Crippen LogP contribution in [0, 0.1) is 0 Å². The minimum absolute atomic E-state index is 0.00624. The molecule has 7 heteroatoms. The van der Waals surface area contributed by atoms with E-state index in [2.05, 4.69) is 10.6 Å². The van der Waals surface area contributed by atoms with Crippen molar-refractivity contribution >= 4 is 29.1 Å². The van der Waals surface area contributed by atoms with Gasteiger partial charge in [0.2, 0.25) is 11.8 Å². The highest BCUT2D eigenvalue weighted by atomic mass is 32.1. The van der Waals surface area contributed by atoms with Crippen molar-refractivity contribution in [3.63, 3.8) is 0 Å². The van der Waals surface area contributed by atoms with E-state index in [4.69, 9.17) is 0 Å². The molecule has 0 unspecified atom stereocenters. The first-order chi connectivity index (χ1) is 9.66. The Morgan fingerprint density at radius 1 is 1.15 bits per heavy atom. The summed E-state index contributed by atoms with van der Waals surface area (Å²) in [6.07, 6.45) is 2.05. The van der Waals surface area contributed by atoms with E-state index < -0.39 is 0 Å². The number of hydrogen-bond acceptors (Lipinski definition) is 4. The van der Waals surface area contributed by atoms with Crippen LogP contribution < -0.4 is 10.6 Å². The molecule has 0 spiro atoms. The second-order valence-electron chi connectivity index (χ2n) is 4.52. The lowest BCUT2D eigenvalue weighted by atomic mass is 10.4. The summed E-state index contributed by atoms with van der Waals surface area (Å²) in [5, 5.41) is 6.83.